The highest BCUT2D eigenvalue weighted by Gasteiger charge is 2.25. The Morgan fingerprint density at radius 3 is 2.86 bits per heavy atom. The van der Waals surface area contributed by atoms with Crippen molar-refractivity contribution in [2.75, 3.05) is 30.4 Å². The highest BCUT2D eigenvalue weighted by Crippen LogP contribution is 2.28. The zero-order valence-corrected chi connectivity index (χ0v) is 15.9. The van der Waals surface area contributed by atoms with Crippen LogP contribution in [0, 0.1) is 0 Å². The predicted molar refractivity (Wildman–Crippen MR) is 111 cm³/mol. The first-order valence-corrected chi connectivity index (χ1v) is 9.47. The van der Waals surface area contributed by atoms with E-state index in [9.17, 15) is 4.79 Å². The van der Waals surface area contributed by atoms with Crippen molar-refractivity contribution in [2.45, 2.75) is 12.8 Å². The van der Waals surface area contributed by atoms with Gasteiger partial charge in [0, 0.05) is 18.8 Å². The molecule has 0 bridgehead atoms. The molecule has 28 heavy (non-hydrogen) atoms. The number of amides is 1. The molecular formula is C23H23N3O2. The number of ether oxygens (including phenoxy) is 1. The summed E-state index contributed by atoms with van der Waals surface area (Å²) >= 11 is 0. The molecule has 5 heteroatoms. The molecule has 0 radical (unpaired) electrons. The minimum absolute atomic E-state index is 0.0483. The van der Waals surface area contributed by atoms with Crippen molar-refractivity contribution in [2.24, 2.45) is 0 Å². The normalized spacial score (nSPS) is 12.5. The Balaban J connectivity index is 1.35. The summed E-state index contributed by atoms with van der Waals surface area (Å²) in [5, 5.41) is 3.35. The second-order valence-corrected chi connectivity index (χ2v) is 6.80. The van der Waals surface area contributed by atoms with Crippen LogP contribution >= 0.6 is 0 Å². The number of hydrogen-bond acceptors (Lipinski definition) is 4. The van der Waals surface area contributed by atoms with Crippen LogP contribution in [-0.2, 0) is 12.8 Å². The van der Waals surface area contributed by atoms with E-state index in [2.05, 4.69) is 22.4 Å². The molecule has 0 atom stereocenters. The summed E-state index contributed by atoms with van der Waals surface area (Å²) in [6, 6.07) is 19.8. The minimum Gasteiger partial charge on any atom is -0.497 e. The van der Waals surface area contributed by atoms with Crippen LogP contribution in [0.4, 0.5) is 11.4 Å². The molecule has 0 saturated heterocycles. The number of para-hydroxylation sites is 1. The molecule has 0 unspecified atom stereocenters. The monoisotopic (exact) mass is 373 g/mol. The number of nitrogens with one attached hydrogen (secondary N) is 1. The van der Waals surface area contributed by atoms with E-state index in [0.29, 0.717) is 12.2 Å². The fraction of sp³-hybridized carbons (Fsp3) is 0.217. The zero-order valence-electron chi connectivity index (χ0n) is 15.9. The summed E-state index contributed by atoms with van der Waals surface area (Å²) in [7, 11) is 1.67. The van der Waals surface area contributed by atoms with Crippen LogP contribution in [0.1, 0.15) is 21.6 Å². The van der Waals surface area contributed by atoms with E-state index in [1.54, 1.807) is 19.4 Å². The third-order valence-corrected chi connectivity index (χ3v) is 4.99. The molecule has 1 aliphatic heterocycles. The van der Waals surface area contributed by atoms with E-state index >= 15 is 0 Å². The lowest BCUT2D eigenvalue weighted by atomic mass is 10.1. The lowest BCUT2D eigenvalue weighted by Crippen LogP contribution is -2.29. The maximum atomic E-state index is 12.8. The number of aromatic nitrogens is 1. The molecule has 1 aromatic heterocycles. The average Bonchev–Trinajstić information content (AvgIpc) is 3.18. The van der Waals surface area contributed by atoms with Gasteiger partial charge in [0.2, 0.25) is 0 Å². The number of pyridine rings is 1. The average molecular weight is 373 g/mol. The van der Waals surface area contributed by atoms with Crippen LogP contribution < -0.4 is 15.0 Å². The van der Waals surface area contributed by atoms with Gasteiger partial charge in [-0.25, -0.2) is 4.98 Å². The number of anilines is 2. The first kappa shape index (κ1) is 18.0. The lowest BCUT2D eigenvalue weighted by Gasteiger charge is -2.17. The quantitative estimate of drug-likeness (QED) is 0.711. The summed E-state index contributed by atoms with van der Waals surface area (Å²) < 4.78 is 5.25. The summed E-state index contributed by atoms with van der Waals surface area (Å²) in [5.41, 5.74) is 4.79. The topological polar surface area (TPSA) is 54.5 Å². The van der Waals surface area contributed by atoms with Crippen molar-refractivity contribution in [1.82, 2.24) is 4.98 Å². The van der Waals surface area contributed by atoms with Gasteiger partial charge in [-0.15, -0.1) is 0 Å². The second-order valence-electron chi connectivity index (χ2n) is 6.80. The Morgan fingerprint density at radius 2 is 2.04 bits per heavy atom. The van der Waals surface area contributed by atoms with Gasteiger partial charge in [-0.2, -0.15) is 0 Å². The fourth-order valence-electron chi connectivity index (χ4n) is 3.49. The number of carbonyl (C=O) groups excluding carboxylic acids is 1. The van der Waals surface area contributed by atoms with Crippen molar-refractivity contribution in [3.05, 3.63) is 83.7 Å². The van der Waals surface area contributed by atoms with Gasteiger partial charge in [0.05, 0.1) is 19.0 Å². The first-order chi connectivity index (χ1) is 13.7. The van der Waals surface area contributed by atoms with E-state index < -0.39 is 0 Å². The maximum absolute atomic E-state index is 12.8. The molecule has 2 aromatic carbocycles. The van der Waals surface area contributed by atoms with E-state index in [0.717, 1.165) is 36.5 Å². The highest BCUT2D eigenvalue weighted by molar-refractivity contribution is 6.06. The Labute approximate surface area is 165 Å². The zero-order chi connectivity index (χ0) is 19.3. The molecular weight excluding hydrogens is 350 g/mol. The molecule has 0 aliphatic carbocycles. The van der Waals surface area contributed by atoms with Gasteiger partial charge in [-0.3, -0.25) is 4.79 Å². The molecule has 0 fully saturated rings. The molecule has 1 amide bonds. The molecule has 1 aliphatic rings. The van der Waals surface area contributed by atoms with Gasteiger partial charge >= 0.3 is 0 Å². The summed E-state index contributed by atoms with van der Waals surface area (Å²) in [6.07, 6.45) is 3.50. The van der Waals surface area contributed by atoms with Gasteiger partial charge in [0.1, 0.15) is 11.4 Å². The molecule has 142 valence electrons. The third kappa shape index (κ3) is 3.83. The third-order valence-electron chi connectivity index (χ3n) is 4.99. The second kappa shape index (κ2) is 8.13. The molecule has 5 nitrogen and oxygen atoms in total. The van der Waals surface area contributed by atoms with Crippen molar-refractivity contribution in [3.63, 3.8) is 0 Å². The summed E-state index contributed by atoms with van der Waals surface area (Å²) in [6.45, 7) is 1.49. The van der Waals surface area contributed by atoms with Crippen molar-refractivity contribution < 1.29 is 9.53 Å². The van der Waals surface area contributed by atoms with E-state index in [4.69, 9.17) is 4.74 Å². The molecule has 1 N–H and O–H groups in total. The minimum atomic E-state index is -0.0483. The van der Waals surface area contributed by atoms with Gasteiger partial charge < -0.3 is 15.0 Å². The summed E-state index contributed by atoms with van der Waals surface area (Å²) in [5.74, 6) is 0.818. The maximum Gasteiger partial charge on any atom is 0.276 e. The molecule has 0 spiro atoms. The molecule has 4 rings (SSSR count). The van der Waals surface area contributed by atoms with E-state index in [1.165, 1.54) is 11.1 Å². The number of carbonyl (C=O) groups is 1. The Hall–Kier alpha value is -3.34. The van der Waals surface area contributed by atoms with Crippen LogP contribution in [0.15, 0.2) is 66.9 Å². The Kier molecular flexibility index (Phi) is 5.24. The van der Waals surface area contributed by atoms with Crippen molar-refractivity contribution in [1.29, 1.82) is 0 Å². The SMILES string of the molecule is COc1cccc(CCNc2ccc(C(=O)N3CCc4ccccc43)nc2)c1. The Morgan fingerprint density at radius 1 is 1.14 bits per heavy atom. The van der Waals surface area contributed by atoms with E-state index in [-0.39, 0.29) is 5.91 Å². The highest BCUT2D eigenvalue weighted by atomic mass is 16.5. The Bertz CT molecular complexity index is 970. The first-order valence-electron chi connectivity index (χ1n) is 9.47. The van der Waals surface area contributed by atoms with Gasteiger partial charge in [-0.1, -0.05) is 30.3 Å². The van der Waals surface area contributed by atoms with Crippen LogP contribution in [0.3, 0.4) is 0 Å². The number of nitrogens with zero attached hydrogens (tertiary/aromatic N) is 2. The molecule has 3 aromatic rings. The van der Waals surface area contributed by atoms with Gasteiger partial charge in [-0.05, 0) is 54.3 Å². The number of hydrogen-bond donors (Lipinski definition) is 1. The largest absolute Gasteiger partial charge is 0.497 e. The number of methoxy groups -OCH3 is 1. The standard InChI is InChI=1S/C23H23N3O2/c1-28-20-7-4-5-17(15-20)11-13-24-19-9-10-21(25-16-19)23(27)26-14-12-18-6-2-3-8-22(18)26/h2-10,15-16,24H,11-14H2,1H3. The lowest BCUT2D eigenvalue weighted by molar-refractivity contribution is 0.0984. The molecule has 2 heterocycles. The van der Waals surface area contributed by atoms with Gasteiger partial charge in [0.15, 0.2) is 0 Å². The van der Waals surface area contributed by atoms with Crippen LogP contribution in [0.25, 0.3) is 0 Å². The van der Waals surface area contributed by atoms with E-state index in [1.807, 2.05) is 47.4 Å². The molecule has 0 saturated carbocycles. The fourth-order valence-corrected chi connectivity index (χ4v) is 3.49. The van der Waals surface area contributed by atoms with Crippen molar-refractivity contribution >= 4 is 17.3 Å². The number of fused-ring (bicyclic) bond motifs is 1. The van der Waals surface area contributed by atoms with Crippen LogP contribution in [0.5, 0.6) is 5.75 Å². The van der Waals surface area contributed by atoms with Crippen LogP contribution in [-0.4, -0.2) is 31.1 Å². The van der Waals surface area contributed by atoms with Gasteiger partial charge in [0.25, 0.3) is 5.91 Å². The number of benzene rings is 2. The smallest absolute Gasteiger partial charge is 0.276 e. The number of rotatable bonds is 6. The van der Waals surface area contributed by atoms with Crippen molar-refractivity contribution in [3.8, 4) is 5.75 Å². The predicted octanol–water partition coefficient (Wildman–Crippen LogP) is 3.95. The van der Waals surface area contributed by atoms with Crippen LogP contribution in [0.2, 0.25) is 0 Å². The summed E-state index contributed by atoms with van der Waals surface area (Å²) in [4.78, 5) is 19.0.